The van der Waals surface area contributed by atoms with Crippen molar-refractivity contribution in [3.05, 3.63) is 51.5 Å². The molecular weight excluding hydrogens is 457 g/mol. The fraction of sp³-hybridized carbons (Fsp3) is 0.316. The van der Waals surface area contributed by atoms with Gasteiger partial charge in [-0.3, -0.25) is 4.72 Å². The molecule has 156 valence electrons. The third-order valence-corrected chi connectivity index (χ3v) is 6.98. The van der Waals surface area contributed by atoms with Crippen LogP contribution in [-0.2, 0) is 10.0 Å². The van der Waals surface area contributed by atoms with Gasteiger partial charge in [0.15, 0.2) is 0 Å². The van der Waals surface area contributed by atoms with Crippen molar-refractivity contribution in [2.75, 3.05) is 23.1 Å². The highest BCUT2D eigenvalue weighted by molar-refractivity contribution is 7.92. The van der Waals surface area contributed by atoms with Gasteiger partial charge in [-0.25, -0.2) is 13.2 Å². The van der Waals surface area contributed by atoms with Crippen LogP contribution in [0.3, 0.4) is 0 Å². The Hall–Kier alpha value is -1.67. The topological polar surface area (TPSA) is 78.5 Å². The molecule has 1 saturated heterocycles. The highest BCUT2D eigenvalue weighted by Gasteiger charge is 2.18. The molecule has 2 amide bonds. The van der Waals surface area contributed by atoms with Crippen molar-refractivity contribution in [3.63, 3.8) is 0 Å². The van der Waals surface area contributed by atoms with Gasteiger partial charge in [0.05, 0.1) is 25.7 Å². The van der Waals surface area contributed by atoms with E-state index < -0.39 is 10.0 Å². The number of anilines is 2. The second kappa shape index (κ2) is 9.43. The Morgan fingerprint density at radius 3 is 2.07 bits per heavy atom. The number of halogens is 3. The van der Waals surface area contributed by atoms with Gasteiger partial charge in [0.1, 0.15) is 0 Å². The van der Waals surface area contributed by atoms with Crippen molar-refractivity contribution in [1.29, 1.82) is 0 Å². The summed E-state index contributed by atoms with van der Waals surface area (Å²) in [5, 5.41) is 3.35. The molecular formula is C19H20Cl3N3O3S. The summed E-state index contributed by atoms with van der Waals surface area (Å²) in [6.07, 6.45) is 4.25. The minimum atomic E-state index is -3.90. The molecule has 1 heterocycles. The number of carbonyl (C=O) groups excluding carboxylic acids is 1. The maximum Gasteiger partial charge on any atom is 0.321 e. The van der Waals surface area contributed by atoms with Gasteiger partial charge in [0, 0.05) is 18.8 Å². The average Bonchev–Trinajstić information content (AvgIpc) is 2.96. The predicted molar refractivity (Wildman–Crippen MR) is 118 cm³/mol. The number of nitrogens with one attached hydrogen (secondary N) is 2. The summed E-state index contributed by atoms with van der Waals surface area (Å²) in [6, 6.07) is 8.44. The first-order valence-electron chi connectivity index (χ1n) is 9.09. The summed E-state index contributed by atoms with van der Waals surface area (Å²) in [7, 11) is -3.90. The number of sulfonamides is 1. The molecule has 0 radical (unpaired) electrons. The van der Waals surface area contributed by atoms with Crippen molar-refractivity contribution in [2.24, 2.45) is 0 Å². The van der Waals surface area contributed by atoms with Gasteiger partial charge in [-0.15, -0.1) is 0 Å². The first-order chi connectivity index (χ1) is 13.8. The van der Waals surface area contributed by atoms with Crippen LogP contribution >= 0.6 is 34.8 Å². The van der Waals surface area contributed by atoms with E-state index in [-0.39, 0.29) is 31.7 Å². The van der Waals surface area contributed by atoms with Crippen molar-refractivity contribution in [2.45, 2.75) is 30.6 Å². The third-order valence-electron chi connectivity index (χ3n) is 4.56. The molecule has 0 aliphatic carbocycles. The average molecular weight is 477 g/mol. The van der Waals surface area contributed by atoms with Crippen LogP contribution in [0.25, 0.3) is 0 Å². The highest BCUT2D eigenvalue weighted by Crippen LogP contribution is 2.33. The maximum atomic E-state index is 12.6. The molecule has 0 atom stereocenters. The number of carbonyl (C=O) groups is 1. The molecule has 2 N–H and O–H groups in total. The number of benzene rings is 2. The van der Waals surface area contributed by atoms with Crippen LogP contribution in [-0.4, -0.2) is 32.4 Å². The second-order valence-corrected chi connectivity index (χ2v) is 9.61. The molecule has 1 aliphatic rings. The lowest BCUT2D eigenvalue weighted by molar-refractivity contribution is 0.214. The minimum absolute atomic E-state index is 0.0208. The van der Waals surface area contributed by atoms with Crippen LogP contribution in [0, 0.1) is 0 Å². The van der Waals surface area contributed by atoms with Gasteiger partial charge in [-0.2, -0.15) is 0 Å². The molecule has 1 aliphatic heterocycles. The number of amides is 2. The molecule has 10 heteroatoms. The second-order valence-electron chi connectivity index (χ2n) is 6.71. The minimum Gasteiger partial charge on any atom is -0.325 e. The SMILES string of the molecule is O=C(Nc1ccc(S(=O)(=O)Nc2cc(Cl)c(Cl)cc2Cl)cc1)N1CCCCCC1. The molecule has 0 unspecified atom stereocenters. The Bertz CT molecular complexity index is 990. The molecule has 3 rings (SSSR count). The van der Waals surface area contributed by atoms with Gasteiger partial charge in [0.25, 0.3) is 10.0 Å². The van der Waals surface area contributed by atoms with E-state index in [9.17, 15) is 13.2 Å². The highest BCUT2D eigenvalue weighted by atomic mass is 35.5. The zero-order valence-electron chi connectivity index (χ0n) is 15.4. The van der Waals surface area contributed by atoms with E-state index in [4.69, 9.17) is 34.8 Å². The van der Waals surface area contributed by atoms with E-state index in [1.807, 2.05) is 0 Å². The molecule has 0 saturated carbocycles. The van der Waals surface area contributed by atoms with E-state index in [0.29, 0.717) is 5.69 Å². The Morgan fingerprint density at radius 2 is 1.45 bits per heavy atom. The predicted octanol–water partition coefficient (Wildman–Crippen LogP) is 5.86. The van der Waals surface area contributed by atoms with Crippen LogP contribution in [0.15, 0.2) is 41.3 Å². The van der Waals surface area contributed by atoms with Crippen LogP contribution < -0.4 is 10.0 Å². The normalized spacial score (nSPS) is 14.9. The summed E-state index contributed by atoms with van der Waals surface area (Å²) in [5.41, 5.74) is 0.644. The molecule has 0 spiro atoms. The van der Waals surface area contributed by atoms with Crippen molar-refractivity contribution in [3.8, 4) is 0 Å². The Morgan fingerprint density at radius 1 is 0.862 bits per heavy atom. The Labute approximate surface area is 185 Å². The number of nitrogens with zero attached hydrogens (tertiary/aromatic N) is 1. The maximum absolute atomic E-state index is 12.6. The monoisotopic (exact) mass is 475 g/mol. The first-order valence-corrected chi connectivity index (χ1v) is 11.7. The number of likely N-dealkylation sites (tertiary alicyclic amines) is 1. The number of hydrogen-bond acceptors (Lipinski definition) is 3. The van der Waals surface area contributed by atoms with Crippen LogP contribution in [0.2, 0.25) is 15.1 Å². The smallest absolute Gasteiger partial charge is 0.321 e. The van der Waals surface area contributed by atoms with Gasteiger partial charge >= 0.3 is 6.03 Å². The summed E-state index contributed by atoms with van der Waals surface area (Å²) < 4.78 is 27.6. The van der Waals surface area contributed by atoms with Gasteiger partial charge < -0.3 is 10.2 Å². The van der Waals surface area contributed by atoms with Gasteiger partial charge in [-0.1, -0.05) is 47.6 Å². The molecule has 2 aromatic carbocycles. The van der Waals surface area contributed by atoms with E-state index in [1.165, 1.54) is 24.3 Å². The lowest BCUT2D eigenvalue weighted by Gasteiger charge is -2.20. The standard InChI is InChI=1S/C19H20Cl3N3O3S/c20-15-11-17(22)18(12-16(15)21)24-29(27,28)14-7-5-13(6-8-14)23-19(26)25-9-3-1-2-4-10-25/h5-8,11-12,24H,1-4,9-10H2,(H,23,26). The summed E-state index contributed by atoms with van der Waals surface area (Å²) in [4.78, 5) is 14.2. The molecule has 29 heavy (non-hydrogen) atoms. The third kappa shape index (κ3) is 5.69. The van der Waals surface area contributed by atoms with Crippen molar-refractivity contribution in [1.82, 2.24) is 4.90 Å². The van der Waals surface area contributed by atoms with Crippen LogP contribution in [0.1, 0.15) is 25.7 Å². The van der Waals surface area contributed by atoms with Gasteiger partial charge in [-0.05, 0) is 49.2 Å². The Kier molecular flexibility index (Phi) is 7.16. The summed E-state index contributed by atoms with van der Waals surface area (Å²) in [5.74, 6) is 0. The number of hydrogen-bond donors (Lipinski definition) is 2. The molecule has 0 bridgehead atoms. The fourth-order valence-corrected chi connectivity index (χ4v) is 4.72. The van der Waals surface area contributed by atoms with Crippen LogP contribution in [0.4, 0.5) is 16.2 Å². The van der Waals surface area contributed by atoms with Gasteiger partial charge in [0.2, 0.25) is 0 Å². The quantitative estimate of drug-likeness (QED) is 0.543. The molecule has 0 aromatic heterocycles. The van der Waals surface area contributed by atoms with Crippen molar-refractivity contribution < 1.29 is 13.2 Å². The summed E-state index contributed by atoms with van der Waals surface area (Å²) in [6.45, 7) is 1.46. The van der Waals surface area contributed by atoms with Crippen LogP contribution in [0.5, 0.6) is 0 Å². The molecule has 6 nitrogen and oxygen atoms in total. The van der Waals surface area contributed by atoms with E-state index >= 15 is 0 Å². The number of urea groups is 1. The molecule has 2 aromatic rings. The van der Waals surface area contributed by atoms with E-state index in [0.717, 1.165) is 38.8 Å². The lowest BCUT2D eigenvalue weighted by Crippen LogP contribution is -2.35. The number of rotatable bonds is 4. The van der Waals surface area contributed by atoms with E-state index in [2.05, 4.69) is 10.0 Å². The lowest BCUT2D eigenvalue weighted by atomic mass is 10.2. The first kappa shape index (κ1) is 22.0. The van der Waals surface area contributed by atoms with Crippen molar-refractivity contribution >= 4 is 62.2 Å². The molecule has 1 fully saturated rings. The zero-order chi connectivity index (χ0) is 21.0. The summed E-state index contributed by atoms with van der Waals surface area (Å²) >= 11 is 17.8. The van der Waals surface area contributed by atoms with E-state index in [1.54, 1.807) is 17.0 Å². The zero-order valence-corrected chi connectivity index (χ0v) is 18.5. The fourth-order valence-electron chi connectivity index (χ4n) is 3.00. The largest absolute Gasteiger partial charge is 0.325 e. The Balaban J connectivity index is 1.70.